The molecule has 1 saturated carbocycles. The highest BCUT2D eigenvalue weighted by Gasteiger charge is 2.48. The largest absolute Gasteiger partial charge is 0.385 e. The van der Waals surface area contributed by atoms with Crippen LogP contribution in [0.15, 0.2) is 47.1 Å². The Kier molecular flexibility index (Phi) is 2.47. The van der Waals surface area contributed by atoms with Gasteiger partial charge in [-0.3, -0.25) is 0 Å². The molecule has 96 valence electrons. The lowest BCUT2D eigenvalue weighted by Gasteiger charge is -2.50. The molecule has 18 heavy (non-hydrogen) atoms. The molecule has 0 radical (unpaired) electrons. The molecule has 1 N–H and O–H groups in total. The lowest BCUT2D eigenvalue weighted by atomic mass is 9.58. The van der Waals surface area contributed by atoms with E-state index in [1.54, 1.807) is 0 Å². The molecule has 3 aliphatic carbocycles. The summed E-state index contributed by atoms with van der Waals surface area (Å²) in [5, 5.41) is 10.9. The van der Waals surface area contributed by atoms with Crippen molar-refractivity contribution in [1.82, 2.24) is 0 Å². The number of hydrogen-bond donors (Lipinski definition) is 1. The molecule has 1 fully saturated rings. The molecule has 0 heterocycles. The molecule has 0 aromatic carbocycles. The van der Waals surface area contributed by atoms with Gasteiger partial charge in [-0.25, -0.2) is 0 Å². The van der Waals surface area contributed by atoms with Gasteiger partial charge in [0, 0.05) is 5.92 Å². The lowest BCUT2D eigenvalue weighted by Crippen LogP contribution is -2.49. The molecule has 0 aromatic heterocycles. The topological polar surface area (TPSA) is 20.2 Å². The Hall–Kier alpha value is -1.08. The molecular formula is C17H22O. The van der Waals surface area contributed by atoms with Crippen molar-refractivity contribution in [1.29, 1.82) is 0 Å². The summed E-state index contributed by atoms with van der Waals surface area (Å²) in [6.45, 7) is 6.35. The van der Waals surface area contributed by atoms with Gasteiger partial charge in [-0.2, -0.15) is 0 Å². The highest BCUT2D eigenvalue weighted by Crippen LogP contribution is 2.52. The van der Waals surface area contributed by atoms with Crippen LogP contribution in [0.4, 0.5) is 0 Å². The van der Waals surface area contributed by atoms with Crippen molar-refractivity contribution >= 4 is 0 Å². The summed E-state index contributed by atoms with van der Waals surface area (Å²) in [7, 11) is 0. The first kappa shape index (κ1) is 12.0. The Balaban J connectivity index is 2.07. The second kappa shape index (κ2) is 3.71. The molecule has 0 saturated heterocycles. The number of fused-ring (bicyclic) bond motifs is 2. The monoisotopic (exact) mass is 242 g/mol. The van der Waals surface area contributed by atoms with Crippen LogP contribution in [0.2, 0.25) is 0 Å². The van der Waals surface area contributed by atoms with Crippen LogP contribution in [0.3, 0.4) is 0 Å². The van der Waals surface area contributed by atoms with Crippen molar-refractivity contribution in [3.05, 3.63) is 47.1 Å². The number of aliphatic hydroxyl groups is 1. The molecule has 0 amide bonds. The minimum atomic E-state index is -0.694. The summed E-state index contributed by atoms with van der Waals surface area (Å²) in [5.41, 5.74) is 3.21. The quantitative estimate of drug-likeness (QED) is 0.682. The van der Waals surface area contributed by atoms with Crippen LogP contribution in [0.5, 0.6) is 0 Å². The third-order valence-electron chi connectivity index (χ3n) is 5.19. The van der Waals surface area contributed by atoms with Gasteiger partial charge in [0.25, 0.3) is 0 Å². The summed E-state index contributed by atoms with van der Waals surface area (Å²) in [6.07, 6.45) is 14.4. The maximum Gasteiger partial charge on any atom is 0.0888 e. The summed E-state index contributed by atoms with van der Waals surface area (Å²) in [4.78, 5) is 0. The van der Waals surface area contributed by atoms with E-state index in [1.807, 2.05) is 6.92 Å². The van der Waals surface area contributed by atoms with Gasteiger partial charge in [0.05, 0.1) is 5.60 Å². The van der Waals surface area contributed by atoms with Crippen LogP contribution in [0.25, 0.3) is 0 Å². The van der Waals surface area contributed by atoms with Crippen molar-refractivity contribution in [3.63, 3.8) is 0 Å². The van der Waals surface area contributed by atoms with Crippen LogP contribution in [-0.2, 0) is 0 Å². The van der Waals surface area contributed by atoms with Crippen LogP contribution in [0, 0.1) is 11.3 Å². The van der Waals surface area contributed by atoms with E-state index >= 15 is 0 Å². The molecule has 0 aromatic rings. The van der Waals surface area contributed by atoms with E-state index < -0.39 is 5.60 Å². The van der Waals surface area contributed by atoms with E-state index in [1.165, 1.54) is 16.7 Å². The first-order valence-electron chi connectivity index (χ1n) is 6.94. The number of rotatable bonds is 0. The normalized spacial score (nSPS) is 37.1. The average Bonchev–Trinajstić information content (AvgIpc) is 2.33. The smallest absolute Gasteiger partial charge is 0.0888 e. The van der Waals surface area contributed by atoms with Crippen molar-refractivity contribution in [3.8, 4) is 0 Å². The highest BCUT2D eigenvalue weighted by atomic mass is 16.3. The zero-order valence-electron chi connectivity index (χ0n) is 11.5. The van der Waals surface area contributed by atoms with Gasteiger partial charge in [-0.1, -0.05) is 44.2 Å². The first-order valence-corrected chi connectivity index (χ1v) is 6.94. The zero-order chi connectivity index (χ0) is 13.0. The molecule has 0 spiro atoms. The Bertz CT molecular complexity index is 498. The van der Waals surface area contributed by atoms with E-state index in [-0.39, 0.29) is 5.41 Å². The number of hydrogen-bond acceptors (Lipinski definition) is 1. The standard InChI is InChI=1S/C17H22O/c1-16(2)9-8-14-10-12-6-4-5-7-13(12)11-15(14)17(16,3)18/h4-5,7,10-11,14,18H,6,8-9H2,1-3H3. The minimum Gasteiger partial charge on any atom is -0.385 e. The molecular weight excluding hydrogens is 220 g/mol. The fraction of sp³-hybridized carbons (Fsp3) is 0.529. The SMILES string of the molecule is CC1(C)CCC2C=C3CC=CC=C3C=C2C1(C)O. The van der Waals surface area contributed by atoms with Crippen LogP contribution in [-0.4, -0.2) is 10.7 Å². The summed E-state index contributed by atoms with van der Waals surface area (Å²) in [5.74, 6) is 0.437. The summed E-state index contributed by atoms with van der Waals surface area (Å²) >= 11 is 0. The fourth-order valence-corrected chi connectivity index (χ4v) is 3.39. The van der Waals surface area contributed by atoms with Gasteiger partial charge in [0.2, 0.25) is 0 Å². The Labute approximate surface area is 110 Å². The maximum absolute atomic E-state index is 10.9. The van der Waals surface area contributed by atoms with Crippen LogP contribution >= 0.6 is 0 Å². The minimum absolute atomic E-state index is 0.0360. The second-order valence-electron chi connectivity index (χ2n) is 6.65. The third-order valence-corrected chi connectivity index (χ3v) is 5.19. The Morgan fingerprint density at radius 3 is 2.83 bits per heavy atom. The van der Waals surface area contributed by atoms with Crippen molar-refractivity contribution in [2.45, 2.75) is 45.6 Å². The molecule has 2 unspecified atom stereocenters. The van der Waals surface area contributed by atoms with Gasteiger partial charge < -0.3 is 5.11 Å². The molecule has 3 aliphatic rings. The van der Waals surface area contributed by atoms with Gasteiger partial charge >= 0.3 is 0 Å². The molecule has 1 heteroatoms. The maximum atomic E-state index is 10.9. The first-order chi connectivity index (χ1) is 8.42. The molecule has 3 rings (SSSR count). The van der Waals surface area contributed by atoms with Gasteiger partial charge in [0.15, 0.2) is 0 Å². The molecule has 0 bridgehead atoms. The molecule has 0 aliphatic heterocycles. The Morgan fingerprint density at radius 2 is 2.06 bits per heavy atom. The fourth-order valence-electron chi connectivity index (χ4n) is 3.39. The van der Waals surface area contributed by atoms with E-state index in [9.17, 15) is 5.11 Å². The second-order valence-corrected chi connectivity index (χ2v) is 6.65. The zero-order valence-corrected chi connectivity index (χ0v) is 11.5. The van der Waals surface area contributed by atoms with Crippen molar-refractivity contribution in [2.75, 3.05) is 0 Å². The predicted octanol–water partition coefficient (Wildman–Crippen LogP) is 3.93. The van der Waals surface area contributed by atoms with Gasteiger partial charge in [-0.05, 0) is 48.3 Å². The van der Waals surface area contributed by atoms with Crippen molar-refractivity contribution in [2.24, 2.45) is 11.3 Å². The lowest BCUT2D eigenvalue weighted by molar-refractivity contribution is -0.0478. The van der Waals surface area contributed by atoms with Gasteiger partial charge in [0.1, 0.15) is 0 Å². The Morgan fingerprint density at radius 1 is 1.28 bits per heavy atom. The number of allylic oxidation sites excluding steroid dienone is 7. The van der Waals surface area contributed by atoms with E-state index in [2.05, 4.69) is 44.2 Å². The predicted molar refractivity (Wildman–Crippen MR) is 75.1 cm³/mol. The summed E-state index contributed by atoms with van der Waals surface area (Å²) < 4.78 is 0. The van der Waals surface area contributed by atoms with E-state index in [0.717, 1.165) is 19.3 Å². The summed E-state index contributed by atoms with van der Waals surface area (Å²) in [6, 6.07) is 0. The molecule has 2 atom stereocenters. The van der Waals surface area contributed by atoms with Gasteiger partial charge in [-0.15, -0.1) is 0 Å². The third kappa shape index (κ3) is 1.57. The average molecular weight is 242 g/mol. The van der Waals surface area contributed by atoms with Crippen LogP contribution in [0.1, 0.15) is 40.0 Å². The van der Waals surface area contributed by atoms with E-state index in [4.69, 9.17) is 0 Å². The highest BCUT2D eigenvalue weighted by molar-refractivity contribution is 5.54. The molecule has 1 nitrogen and oxygen atoms in total. The van der Waals surface area contributed by atoms with Crippen LogP contribution < -0.4 is 0 Å². The van der Waals surface area contributed by atoms with Crippen molar-refractivity contribution < 1.29 is 5.11 Å². The van der Waals surface area contributed by atoms with E-state index in [0.29, 0.717) is 5.92 Å².